The summed E-state index contributed by atoms with van der Waals surface area (Å²) in [6.45, 7) is 6.08. The molecule has 0 bridgehead atoms. The Hall–Kier alpha value is -0.770. The fourth-order valence-electron chi connectivity index (χ4n) is 2.09. The van der Waals surface area contributed by atoms with Gasteiger partial charge in [0.1, 0.15) is 6.04 Å². The van der Waals surface area contributed by atoms with E-state index in [9.17, 15) is 4.79 Å². The lowest BCUT2D eigenvalue weighted by Gasteiger charge is -2.24. The molecule has 1 aromatic carbocycles. The van der Waals surface area contributed by atoms with Gasteiger partial charge in [0, 0.05) is 6.04 Å². The lowest BCUT2D eigenvalue weighted by atomic mass is 10.0. The highest BCUT2D eigenvalue weighted by atomic mass is 35.5. The Labute approximate surface area is 130 Å². The number of carbonyl (C=O) groups is 1. The van der Waals surface area contributed by atoms with Crippen molar-refractivity contribution in [2.24, 2.45) is 5.92 Å². The van der Waals surface area contributed by atoms with Crippen LogP contribution in [0.3, 0.4) is 0 Å². The average molecular weight is 318 g/mol. The molecule has 0 aliphatic carbocycles. The van der Waals surface area contributed by atoms with Crippen molar-refractivity contribution in [1.82, 2.24) is 5.32 Å². The van der Waals surface area contributed by atoms with Crippen LogP contribution in [0.5, 0.6) is 0 Å². The Bertz CT molecular complexity index is 463. The highest BCUT2D eigenvalue weighted by molar-refractivity contribution is 6.42. The fraction of sp³-hybridized carbons (Fsp3) is 0.533. The molecule has 112 valence electrons. The smallest absolute Gasteiger partial charge is 0.322 e. The van der Waals surface area contributed by atoms with Crippen LogP contribution in [-0.2, 0) is 9.53 Å². The Balaban J connectivity index is 2.87. The maximum atomic E-state index is 11.8. The Kier molecular flexibility index (Phi) is 6.80. The first-order valence-electron chi connectivity index (χ1n) is 6.64. The molecule has 0 saturated carbocycles. The first kappa shape index (κ1) is 17.3. The van der Waals surface area contributed by atoms with Gasteiger partial charge in [-0.3, -0.25) is 10.1 Å². The van der Waals surface area contributed by atoms with Crippen LogP contribution < -0.4 is 5.32 Å². The van der Waals surface area contributed by atoms with E-state index < -0.39 is 0 Å². The van der Waals surface area contributed by atoms with E-state index in [4.69, 9.17) is 27.9 Å². The number of carbonyl (C=O) groups excluding carboxylic acids is 1. The number of rotatable bonds is 6. The predicted molar refractivity (Wildman–Crippen MR) is 83.3 cm³/mol. The zero-order chi connectivity index (χ0) is 15.3. The van der Waals surface area contributed by atoms with Crippen molar-refractivity contribution in [3.05, 3.63) is 33.8 Å². The topological polar surface area (TPSA) is 38.3 Å². The fourth-order valence-corrected chi connectivity index (χ4v) is 2.56. The molecule has 3 nitrogen and oxygen atoms in total. The van der Waals surface area contributed by atoms with E-state index in [1.807, 2.05) is 19.1 Å². The summed E-state index contributed by atoms with van der Waals surface area (Å²) in [5.74, 6) is 0.123. The quantitative estimate of drug-likeness (QED) is 0.798. The van der Waals surface area contributed by atoms with Gasteiger partial charge in [-0.15, -0.1) is 0 Å². The maximum absolute atomic E-state index is 11.8. The van der Waals surface area contributed by atoms with Gasteiger partial charge in [-0.1, -0.05) is 49.2 Å². The maximum Gasteiger partial charge on any atom is 0.322 e. The van der Waals surface area contributed by atoms with Crippen LogP contribution in [0, 0.1) is 5.92 Å². The molecule has 2 unspecified atom stereocenters. The Morgan fingerprint density at radius 3 is 2.50 bits per heavy atom. The third-order valence-corrected chi connectivity index (χ3v) is 3.93. The first-order chi connectivity index (χ1) is 9.36. The van der Waals surface area contributed by atoms with E-state index >= 15 is 0 Å². The van der Waals surface area contributed by atoms with Gasteiger partial charge in [0.15, 0.2) is 0 Å². The minimum Gasteiger partial charge on any atom is -0.468 e. The van der Waals surface area contributed by atoms with Gasteiger partial charge in [0.25, 0.3) is 0 Å². The van der Waals surface area contributed by atoms with Gasteiger partial charge in [-0.05, 0) is 30.9 Å². The molecule has 0 saturated heterocycles. The van der Waals surface area contributed by atoms with Gasteiger partial charge < -0.3 is 4.74 Å². The van der Waals surface area contributed by atoms with Crippen LogP contribution in [0.4, 0.5) is 0 Å². The minimum absolute atomic E-state index is 0.0935. The molecule has 2 atom stereocenters. The largest absolute Gasteiger partial charge is 0.468 e. The van der Waals surface area contributed by atoms with Gasteiger partial charge in [-0.25, -0.2) is 0 Å². The molecular formula is C15H21Cl2NO2. The van der Waals surface area contributed by atoms with E-state index in [2.05, 4.69) is 19.2 Å². The van der Waals surface area contributed by atoms with Crippen LogP contribution in [0.15, 0.2) is 18.2 Å². The van der Waals surface area contributed by atoms with Crippen molar-refractivity contribution in [3.8, 4) is 0 Å². The molecule has 0 spiro atoms. The zero-order valence-corrected chi connectivity index (χ0v) is 13.8. The summed E-state index contributed by atoms with van der Waals surface area (Å²) >= 11 is 12.2. The summed E-state index contributed by atoms with van der Waals surface area (Å²) in [6, 6.07) is 5.04. The van der Waals surface area contributed by atoms with Crippen LogP contribution in [0.1, 0.15) is 38.8 Å². The standard InChI is InChI=1S/C15H21Cl2NO2/c1-9(2)8-13(15(19)20-4)18-10(3)11-6-5-7-12(16)14(11)17/h5-7,9-10,13,18H,8H2,1-4H3. The molecular weight excluding hydrogens is 297 g/mol. The normalized spacial score (nSPS) is 14.2. The van der Waals surface area contributed by atoms with E-state index in [1.54, 1.807) is 6.07 Å². The molecule has 0 aliphatic rings. The molecule has 1 N–H and O–H groups in total. The molecule has 1 rings (SSSR count). The van der Waals surface area contributed by atoms with E-state index in [0.717, 1.165) is 5.56 Å². The molecule has 0 amide bonds. The molecule has 0 heterocycles. The lowest BCUT2D eigenvalue weighted by molar-refractivity contribution is -0.143. The second-order valence-electron chi connectivity index (χ2n) is 5.24. The van der Waals surface area contributed by atoms with Gasteiger partial charge in [-0.2, -0.15) is 0 Å². The van der Waals surface area contributed by atoms with Crippen molar-refractivity contribution < 1.29 is 9.53 Å². The number of halogens is 2. The Morgan fingerprint density at radius 2 is 1.95 bits per heavy atom. The van der Waals surface area contributed by atoms with Gasteiger partial charge >= 0.3 is 5.97 Å². The highest BCUT2D eigenvalue weighted by Crippen LogP contribution is 2.30. The van der Waals surface area contributed by atoms with Crippen molar-refractivity contribution in [2.75, 3.05) is 7.11 Å². The Morgan fingerprint density at radius 1 is 1.30 bits per heavy atom. The molecule has 0 radical (unpaired) electrons. The number of hydrogen-bond acceptors (Lipinski definition) is 3. The predicted octanol–water partition coefficient (Wildman–Crippen LogP) is 4.23. The second kappa shape index (κ2) is 7.87. The number of methoxy groups -OCH3 is 1. The highest BCUT2D eigenvalue weighted by Gasteiger charge is 2.23. The minimum atomic E-state index is -0.356. The van der Waals surface area contributed by atoms with Crippen LogP contribution in [-0.4, -0.2) is 19.1 Å². The van der Waals surface area contributed by atoms with Crippen LogP contribution in [0.2, 0.25) is 10.0 Å². The summed E-state index contributed by atoms with van der Waals surface area (Å²) in [5.41, 5.74) is 0.872. The van der Waals surface area contributed by atoms with Gasteiger partial charge in [0.05, 0.1) is 17.2 Å². The lowest BCUT2D eigenvalue weighted by Crippen LogP contribution is -2.40. The second-order valence-corrected chi connectivity index (χ2v) is 6.02. The molecule has 5 heteroatoms. The SMILES string of the molecule is COC(=O)C(CC(C)C)NC(C)c1cccc(Cl)c1Cl. The monoisotopic (exact) mass is 317 g/mol. The summed E-state index contributed by atoms with van der Waals surface area (Å²) < 4.78 is 4.84. The molecule has 0 aromatic heterocycles. The molecule has 1 aromatic rings. The van der Waals surface area contributed by atoms with E-state index in [1.165, 1.54) is 7.11 Å². The van der Waals surface area contributed by atoms with Crippen LogP contribution >= 0.6 is 23.2 Å². The summed E-state index contributed by atoms with van der Waals surface area (Å²) in [6.07, 6.45) is 0.704. The van der Waals surface area contributed by atoms with Crippen molar-refractivity contribution >= 4 is 29.2 Å². The van der Waals surface area contributed by atoms with E-state index in [0.29, 0.717) is 22.4 Å². The number of ether oxygens (including phenoxy) is 1. The summed E-state index contributed by atoms with van der Waals surface area (Å²) in [7, 11) is 1.40. The number of nitrogens with one attached hydrogen (secondary N) is 1. The van der Waals surface area contributed by atoms with Crippen molar-refractivity contribution in [3.63, 3.8) is 0 Å². The third-order valence-electron chi connectivity index (χ3n) is 3.09. The third kappa shape index (κ3) is 4.65. The zero-order valence-electron chi connectivity index (χ0n) is 12.2. The summed E-state index contributed by atoms with van der Waals surface area (Å²) in [5, 5.41) is 4.29. The van der Waals surface area contributed by atoms with Crippen LogP contribution in [0.25, 0.3) is 0 Å². The van der Waals surface area contributed by atoms with E-state index in [-0.39, 0.29) is 18.1 Å². The first-order valence-corrected chi connectivity index (χ1v) is 7.40. The number of benzene rings is 1. The van der Waals surface area contributed by atoms with Crippen molar-refractivity contribution in [1.29, 1.82) is 0 Å². The average Bonchev–Trinajstić information content (AvgIpc) is 2.39. The van der Waals surface area contributed by atoms with Gasteiger partial charge in [0.2, 0.25) is 0 Å². The molecule has 20 heavy (non-hydrogen) atoms. The molecule has 0 aliphatic heterocycles. The summed E-state index contributed by atoms with van der Waals surface area (Å²) in [4.78, 5) is 11.8. The van der Waals surface area contributed by atoms with Crippen molar-refractivity contribution in [2.45, 2.75) is 39.3 Å². The molecule has 0 fully saturated rings. The number of hydrogen-bond donors (Lipinski definition) is 1. The number of esters is 1.